The van der Waals surface area contributed by atoms with Crippen molar-refractivity contribution in [1.82, 2.24) is 5.32 Å². The van der Waals surface area contributed by atoms with Gasteiger partial charge in [-0.15, -0.1) is 0 Å². The van der Waals surface area contributed by atoms with E-state index < -0.39 is 0 Å². The lowest BCUT2D eigenvalue weighted by atomic mass is 10.1. The third-order valence-electron chi connectivity index (χ3n) is 3.38. The molecule has 22 heavy (non-hydrogen) atoms. The molecule has 0 spiro atoms. The summed E-state index contributed by atoms with van der Waals surface area (Å²) in [6.07, 6.45) is 5.65. The highest BCUT2D eigenvalue weighted by atomic mass is 16.5. The lowest BCUT2D eigenvalue weighted by Gasteiger charge is -2.03. The van der Waals surface area contributed by atoms with Gasteiger partial charge in [0.05, 0.1) is 0 Å². The lowest BCUT2D eigenvalue weighted by Crippen LogP contribution is -2.42. The van der Waals surface area contributed by atoms with Gasteiger partial charge in [0, 0.05) is 32.4 Å². The van der Waals surface area contributed by atoms with E-state index in [1.807, 2.05) is 35.2 Å². The van der Waals surface area contributed by atoms with Crippen LogP contribution in [0.2, 0.25) is 0 Å². The Labute approximate surface area is 131 Å². The minimum atomic E-state index is 0.0249. The van der Waals surface area contributed by atoms with Crippen molar-refractivity contribution in [2.75, 3.05) is 20.3 Å². The SMILES string of the molecule is COCCCNC(=O)C[n+]1ccc(Cc2ccccc2)cc1. The number of aromatic nitrogens is 1. The molecule has 0 saturated carbocycles. The quantitative estimate of drug-likeness (QED) is 0.596. The molecule has 0 bridgehead atoms. The molecule has 1 heterocycles. The van der Waals surface area contributed by atoms with Crippen molar-refractivity contribution in [2.24, 2.45) is 0 Å². The van der Waals surface area contributed by atoms with Crippen molar-refractivity contribution >= 4 is 5.91 Å². The predicted molar refractivity (Wildman–Crippen MR) is 85.4 cm³/mol. The van der Waals surface area contributed by atoms with E-state index in [0.29, 0.717) is 19.7 Å². The third kappa shape index (κ3) is 5.66. The molecule has 0 aliphatic heterocycles. The van der Waals surface area contributed by atoms with Crippen molar-refractivity contribution in [3.8, 4) is 0 Å². The molecule has 4 nitrogen and oxygen atoms in total. The zero-order valence-corrected chi connectivity index (χ0v) is 13.0. The zero-order valence-electron chi connectivity index (χ0n) is 13.0. The van der Waals surface area contributed by atoms with Crippen LogP contribution in [0.25, 0.3) is 0 Å². The Kier molecular flexibility index (Phi) is 6.58. The number of pyridine rings is 1. The first-order valence-corrected chi connectivity index (χ1v) is 7.55. The fraction of sp³-hybridized carbons (Fsp3) is 0.333. The number of hydrogen-bond acceptors (Lipinski definition) is 2. The van der Waals surface area contributed by atoms with Crippen LogP contribution in [0.5, 0.6) is 0 Å². The van der Waals surface area contributed by atoms with Gasteiger partial charge in [-0.1, -0.05) is 30.3 Å². The highest BCUT2D eigenvalue weighted by Gasteiger charge is 2.08. The van der Waals surface area contributed by atoms with E-state index in [4.69, 9.17) is 4.74 Å². The van der Waals surface area contributed by atoms with Crippen LogP contribution in [-0.2, 0) is 22.5 Å². The fourth-order valence-corrected chi connectivity index (χ4v) is 2.21. The Morgan fingerprint density at radius 1 is 1.09 bits per heavy atom. The van der Waals surface area contributed by atoms with Gasteiger partial charge in [-0.25, -0.2) is 0 Å². The van der Waals surface area contributed by atoms with Gasteiger partial charge in [0.25, 0.3) is 5.91 Å². The van der Waals surface area contributed by atoms with Crippen molar-refractivity contribution in [3.05, 3.63) is 66.0 Å². The number of carbonyl (C=O) groups is 1. The Morgan fingerprint density at radius 3 is 2.45 bits per heavy atom. The highest BCUT2D eigenvalue weighted by Crippen LogP contribution is 2.07. The van der Waals surface area contributed by atoms with Crippen LogP contribution < -0.4 is 9.88 Å². The second-order valence-corrected chi connectivity index (χ2v) is 5.24. The summed E-state index contributed by atoms with van der Waals surface area (Å²) in [5.74, 6) is 0.0249. The number of nitrogens with one attached hydrogen (secondary N) is 1. The third-order valence-corrected chi connectivity index (χ3v) is 3.38. The van der Waals surface area contributed by atoms with Gasteiger partial charge >= 0.3 is 0 Å². The molecule has 0 saturated heterocycles. The summed E-state index contributed by atoms with van der Waals surface area (Å²) in [5.41, 5.74) is 2.53. The molecule has 0 aliphatic carbocycles. The second-order valence-electron chi connectivity index (χ2n) is 5.24. The summed E-state index contributed by atoms with van der Waals surface area (Å²) >= 11 is 0. The van der Waals surface area contributed by atoms with Gasteiger partial charge in [-0.2, -0.15) is 4.57 Å². The van der Waals surface area contributed by atoms with Gasteiger partial charge in [-0.05, 0) is 24.0 Å². The number of benzene rings is 1. The predicted octanol–water partition coefficient (Wildman–Crippen LogP) is 1.72. The second kappa shape index (κ2) is 8.95. The van der Waals surface area contributed by atoms with E-state index in [-0.39, 0.29) is 5.91 Å². The number of rotatable bonds is 8. The molecule has 0 radical (unpaired) electrons. The number of ether oxygens (including phenoxy) is 1. The van der Waals surface area contributed by atoms with Gasteiger partial charge < -0.3 is 10.1 Å². The molecule has 2 rings (SSSR count). The van der Waals surface area contributed by atoms with E-state index in [9.17, 15) is 4.79 Å². The maximum Gasteiger partial charge on any atom is 0.285 e. The zero-order chi connectivity index (χ0) is 15.6. The van der Waals surface area contributed by atoms with Crippen LogP contribution in [0, 0.1) is 0 Å². The largest absolute Gasteiger partial charge is 0.385 e. The average Bonchev–Trinajstić information content (AvgIpc) is 2.54. The molecule has 0 unspecified atom stereocenters. The van der Waals surface area contributed by atoms with Crippen molar-refractivity contribution < 1.29 is 14.1 Å². The fourth-order valence-electron chi connectivity index (χ4n) is 2.21. The molecule has 2 aromatic rings. The molecule has 1 aromatic heterocycles. The van der Waals surface area contributed by atoms with E-state index in [1.54, 1.807) is 7.11 Å². The summed E-state index contributed by atoms with van der Waals surface area (Å²) in [6.45, 7) is 1.67. The molecule has 0 fully saturated rings. The first-order chi connectivity index (χ1) is 10.8. The standard InChI is InChI=1S/C18H22N2O2/c1-22-13-5-10-19-18(21)15-20-11-8-17(9-12-20)14-16-6-3-2-4-7-16/h2-4,6-9,11-12H,5,10,13-15H2,1H3/p+1. The smallest absolute Gasteiger partial charge is 0.285 e. The van der Waals surface area contributed by atoms with Crippen LogP contribution in [0.3, 0.4) is 0 Å². The summed E-state index contributed by atoms with van der Waals surface area (Å²) in [7, 11) is 1.66. The van der Waals surface area contributed by atoms with Crippen LogP contribution in [0.4, 0.5) is 0 Å². The van der Waals surface area contributed by atoms with E-state index in [2.05, 4.69) is 29.6 Å². The van der Waals surface area contributed by atoms with Crippen molar-refractivity contribution in [1.29, 1.82) is 0 Å². The van der Waals surface area contributed by atoms with Crippen LogP contribution >= 0.6 is 0 Å². The number of methoxy groups -OCH3 is 1. The monoisotopic (exact) mass is 299 g/mol. The van der Waals surface area contributed by atoms with Crippen molar-refractivity contribution in [2.45, 2.75) is 19.4 Å². The average molecular weight is 299 g/mol. The molecule has 1 amide bonds. The van der Waals surface area contributed by atoms with E-state index in [1.165, 1.54) is 11.1 Å². The molecular formula is C18H23N2O2+. The number of carbonyl (C=O) groups excluding carboxylic acids is 1. The molecule has 116 valence electrons. The number of amides is 1. The molecule has 0 atom stereocenters. The summed E-state index contributed by atoms with van der Waals surface area (Å²) in [5, 5.41) is 2.88. The summed E-state index contributed by atoms with van der Waals surface area (Å²) in [4.78, 5) is 11.8. The Balaban J connectivity index is 1.80. The molecule has 1 N–H and O–H groups in total. The summed E-state index contributed by atoms with van der Waals surface area (Å²) in [6, 6.07) is 14.5. The maximum absolute atomic E-state index is 11.8. The summed E-state index contributed by atoms with van der Waals surface area (Å²) < 4.78 is 6.84. The number of hydrogen-bond donors (Lipinski definition) is 1. The molecule has 1 aromatic carbocycles. The highest BCUT2D eigenvalue weighted by molar-refractivity contribution is 5.74. The number of nitrogens with zero attached hydrogens (tertiary/aromatic N) is 1. The van der Waals surface area contributed by atoms with Crippen LogP contribution in [0.1, 0.15) is 17.5 Å². The topological polar surface area (TPSA) is 42.2 Å². The Bertz CT molecular complexity index is 567. The van der Waals surface area contributed by atoms with Gasteiger partial charge in [-0.3, -0.25) is 4.79 Å². The maximum atomic E-state index is 11.8. The molecule has 0 aliphatic rings. The first kappa shape index (κ1) is 16.2. The van der Waals surface area contributed by atoms with Crippen LogP contribution in [-0.4, -0.2) is 26.2 Å². The van der Waals surface area contributed by atoms with Gasteiger partial charge in [0.15, 0.2) is 12.4 Å². The molecule has 4 heteroatoms. The minimum absolute atomic E-state index is 0.0249. The van der Waals surface area contributed by atoms with Gasteiger partial charge in [0.2, 0.25) is 6.54 Å². The first-order valence-electron chi connectivity index (χ1n) is 7.55. The van der Waals surface area contributed by atoms with E-state index >= 15 is 0 Å². The lowest BCUT2D eigenvalue weighted by molar-refractivity contribution is -0.684. The van der Waals surface area contributed by atoms with Crippen molar-refractivity contribution in [3.63, 3.8) is 0 Å². The minimum Gasteiger partial charge on any atom is -0.385 e. The Hall–Kier alpha value is -2.20. The van der Waals surface area contributed by atoms with E-state index in [0.717, 1.165) is 12.8 Å². The normalized spacial score (nSPS) is 10.4. The van der Waals surface area contributed by atoms with Crippen LogP contribution in [0.15, 0.2) is 54.9 Å². The molecular weight excluding hydrogens is 276 g/mol. The Morgan fingerprint density at radius 2 is 1.77 bits per heavy atom. The van der Waals surface area contributed by atoms with Gasteiger partial charge in [0.1, 0.15) is 0 Å².